The van der Waals surface area contributed by atoms with E-state index < -0.39 is 0 Å². The molecule has 0 aliphatic heterocycles. The molecule has 5 nitrogen and oxygen atoms in total. The highest BCUT2D eigenvalue weighted by molar-refractivity contribution is 5.95. The second kappa shape index (κ2) is 6.60. The Labute approximate surface area is 155 Å². The monoisotopic (exact) mass is 355 g/mol. The fourth-order valence-corrected chi connectivity index (χ4v) is 5.78. The maximum atomic E-state index is 12.9. The molecule has 4 aliphatic rings. The van der Waals surface area contributed by atoms with E-state index in [9.17, 15) is 9.59 Å². The average molecular weight is 355 g/mol. The first kappa shape index (κ1) is 17.4. The number of nitrogens with one attached hydrogen (secondary N) is 2. The van der Waals surface area contributed by atoms with Gasteiger partial charge in [-0.3, -0.25) is 9.59 Å². The van der Waals surface area contributed by atoms with Gasteiger partial charge in [0.15, 0.2) is 0 Å². The van der Waals surface area contributed by atoms with Crippen molar-refractivity contribution < 1.29 is 9.59 Å². The van der Waals surface area contributed by atoms with Crippen LogP contribution in [0.15, 0.2) is 24.3 Å². The Morgan fingerprint density at radius 3 is 2.04 bits per heavy atom. The lowest BCUT2D eigenvalue weighted by Gasteiger charge is -2.55. The third-order valence-electron chi connectivity index (χ3n) is 6.60. The second-order valence-electron chi connectivity index (χ2n) is 8.87. The Morgan fingerprint density at radius 2 is 1.54 bits per heavy atom. The average Bonchev–Trinajstić information content (AvgIpc) is 2.59. The lowest BCUT2D eigenvalue weighted by Crippen LogP contribution is -2.54. The lowest BCUT2D eigenvalue weighted by molar-refractivity contribution is -0.146. The fourth-order valence-electron chi connectivity index (χ4n) is 5.78. The van der Waals surface area contributed by atoms with E-state index in [4.69, 9.17) is 0 Å². The minimum atomic E-state index is -0.192. The van der Waals surface area contributed by atoms with Crippen molar-refractivity contribution in [2.24, 2.45) is 23.2 Å². The van der Waals surface area contributed by atoms with Crippen molar-refractivity contribution in [3.8, 4) is 0 Å². The van der Waals surface area contributed by atoms with Gasteiger partial charge in [0.25, 0.3) is 0 Å². The van der Waals surface area contributed by atoms with Crippen LogP contribution in [-0.4, -0.2) is 32.5 Å². The minimum absolute atomic E-state index is 0.0516. The summed E-state index contributed by atoms with van der Waals surface area (Å²) < 4.78 is 0. The summed E-state index contributed by atoms with van der Waals surface area (Å²) in [5.41, 5.74) is 1.64. The van der Waals surface area contributed by atoms with E-state index in [1.807, 2.05) is 43.3 Å². The van der Waals surface area contributed by atoms with Gasteiger partial charge in [0.2, 0.25) is 11.8 Å². The minimum Gasteiger partial charge on any atom is -0.378 e. The number of hydrogen-bond donors (Lipinski definition) is 2. The van der Waals surface area contributed by atoms with Gasteiger partial charge >= 0.3 is 0 Å². The molecule has 0 heterocycles. The van der Waals surface area contributed by atoms with Crippen LogP contribution in [-0.2, 0) is 9.59 Å². The van der Waals surface area contributed by atoms with Gasteiger partial charge in [-0.05, 0) is 80.5 Å². The third kappa shape index (κ3) is 3.31. The number of carbonyl (C=O) groups is 2. The summed E-state index contributed by atoms with van der Waals surface area (Å²) in [5.74, 6) is 2.14. The molecule has 4 aliphatic carbocycles. The summed E-state index contributed by atoms with van der Waals surface area (Å²) in [7, 11) is 3.96. The predicted molar refractivity (Wildman–Crippen MR) is 103 cm³/mol. The first-order valence-corrected chi connectivity index (χ1v) is 9.79. The molecular formula is C21H29N3O2. The highest BCUT2D eigenvalue weighted by Crippen LogP contribution is 2.60. The van der Waals surface area contributed by atoms with E-state index >= 15 is 0 Å². The standard InChI is InChI=1S/C21H29N3O2/c1-24(2)18-5-3-17(4-6-18)23-19(25)13-22-20(26)21-10-14-7-15(11-21)9-16(8-14)12-21/h3-6,14-16H,7-13H2,1-2H3,(H,22,26)(H,23,25). The molecule has 0 saturated heterocycles. The van der Waals surface area contributed by atoms with E-state index in [2.05, 4.69) is 10.6 Å². The van der Waals surface area contributed by atoms with E-state index in [0.717, 1.165) is 48.4 Å². The van der Waals surface area contributed by atoms with Crippen LogP contribution in [0.2, 0.25) is 0 Å². The van der Waals surface area contributed by atoms with E-state index in [1.54, 1.807) is 0 Å². The van der Waals surface area contributed by atoms with Crippen molar-refractivity contribution in [1.82, 2.24) is 5.32 Å². The summed E-state index contributed by atoms with van der Waals surface area (Å²) in [4.78, 5) is 27.1. The molecule has 5 heteroatoms. The molecule has 4 bridgehead atoms. The zero-order valence-electron chi connectivity index (χ0n) is 15.8. The van der Waals surface area contributed by atoms with Gasteiger partial charge in [-0.15, -0.1) is 0 Å². The Balaban J connectivity index is 1.31. The Bertz CT molecular complexity index is 660. The molecule has 0 aromatic heterocycles. The van der Waals surface area contributed by atoms with Gasteiger partial charge in [0.05, 0.1) is 6.54 Å². The largest absolute Gasteiger partial charge is 0.378 e. The number of nitrogens with zero attached hydrogens (tertiary/aromatic N) is 1. The molecule has 4 saturated carbocycles. The first-order valence-electron chi connectivity index (χ1n) is 9.79. The summed E-state index contributed by atoms with van der Waals surface area (Å²) in [5, 5.41) is 5.80. The van der Waals surface area contributed by atoms with E-state index in [0.29, 0.717) is 0 Å². The molecule has 0 unspecified atom stereocenters. The molecule has 1 aromatic carbocycles. The summed E-state index contributed by atoms with van der Waals surface area (Å²) in [6, 6.07) is 7.69. The Morgan fingerprint density at radius 1 is 1.00 bits per heavy atom. The van der Waals surface area contributed by atoms with Gasteiger partial charge in [0.1, 0.15) is 0 Å². The van der Waals surface area contributed by atoms with Crippen LogP contribution in [0.25, 0.3) is 0 Å². The number of hydrogen-bond acceptors (Lipinski definition) is 3. The molecule has 1 aromatic rings. The van der Waals surface area contributed by atoms with Gasteiger partial charge < -0.3 is 15.5 Å². The number of anilines is 2. The predicted octanol–water partition coefficient (Wildman–Crippen LogP) is 3.02. The van der Waals surface area contributed by atoms with Crippen LogP contribution in [0, 0.1) is 23.2 Å². The van der Waals surface area contributed by atoms with Crippen LogP contribution in [0.4, 0.5) is 11.4 Å². The zero-order valence-corrected chi connectivity index (χ0v) is 15.8. The summed E-state index contributed by atoms with van der Waals surface area (Å²) in [6.07, 6.45) is 7.03. The van der Waals surface area contributed by atoms with Crippen LogP contribution >= 0.6 is 0 Å². The van der Waals surface area contributed by atoms with Crippen molar-refractivity contribution in [3.63, 3.8) is 0 Å². The fraction of sp³-hybridized carbons (Fsp3) is 0.619. The molecule has 4 fully saturated rings. The molecule has 0 atom stereocenters. The van der Waals surface area contributed by atoms with Crippen LogP contribution in [0.1, 0.15) is 38.5 Å². The highest BCUT2D eigenvalue weighted by atomic mass is 16.2. The van der Waals surface area contributed by atoms with Crippen LogP contribution in [0.5, 0.6) is 0 Å². The number of rotatable bonds is 5. The molecule has 140 valence electrons. The molecular weight excluding hydrogens is 326 g/mol. The van der Waals surface area contributed by atoms with Crippen molar-refractivity contribution in [3.05, 3.63) is 24.3 Å². The quantitative estimate of drug-likeness (QED) is 0.853. The van der Waals surface area contributed by atoms with Crippen molar-refractivity contribution in [1.29, 1.82) is 0 Å². The normalized spacial score (nSPS) is 31.5. The topological polar surface area (TPSA) is 61.4 Å². The molecule has 2 amide bonds. The van der Waals surface area contributed by atoms with Crippen molar-refractivity contribution in [2.45, 2.75) is 38.5 Å². The molecule has 26 heavy (non-hydrogen) atoms. The van der Waals surface area contributed by atoms with Crippen LogP contribution in [0.3, 0.4) is 0 Å². The number of benzene rings is 1. The molecule has 2 N–H and O–H groups in total. The number of carbonyl (C=O) groups excluding carboxylic acids is 2. The maximum absolute atomic E-state index is 12.9. The van der Waals surface area contributed by atoms with Gasteiger partial charge in [0, 0.05) is 30.9 Å². The van der Waals surface area contributed by atoms with Crippen LogP contribution < -0.4 is 15.5 Å². The highest BCUT2D eigenvalue weighted by Gasteiger charge is 2.54. The number of amides is 2. The van der Waals surface area contributed by atoms with Crippen molar-refractivity contribution in [2.75, 3.05) is 30.9 Å². The second-order valence-corrected chi connectivity index (χ2v) is 8.87. The van der Waals surface area contributed by atoms with Gasteiger partial charge in [-0.2, -0.15) is 0 Å². The summed E-state index contributed by atoms with van der Waals surface area (Å²) >= 11 is 0. The Kier molecular flexibility index (Phi) is 4.41. The molecule has 5 rings (SSSR count). The molecule has 0 radical (unpaired) electrons. The maximum Gasteiger partial charge on any atom is 0.243 e. The van der Waals surface area contributed by atoms with Crippen molar-refractivity contribution >= 4 is 23.2 Å². The van der Waals surface area contributed by atoms with E-state index in [-0.39, 0.29) is 23.8 Å². The third-order valence-corrected chi connectivity index (χ3v) is 6.60. The first-order chi connectivity index (χ1) is 12.4. The Hall–Kier alpha value is -2.04. The zero-order chi connectivity index (χ0) is 18.3. The smallest absolute Gasteiger partial charge is 0.243 e. The SMILES string of the molecule is CN(C)c1ccc(NC(=O)CNC(=O)C23CC4CC(CC(C4)C2)C3)cc1. The van der Waals surface area contributed by atoms with Gasteiger partial charge in [-0.25, -0.2) is 0 Å². The molecule has 0 spiro atoms. The van der Waals surface area contributed by atoms with E-state index in [1.165, 1.54) is 19.3 Å². The van der Waals surface area contributed by atoms with Gasteiger partial charge in [-0.1, -0.05) is 0 Å². The lowest BCUT2D eigenvalue weighted by atomic mass is 9.49. The summed E-state index contributed by atoms with van der Waals surface area (Å²) in [6.45, 7) is 0.0516.